The molecule has 1 aliphatic carbocycles. The maximum absolute atomic E-state index is 14.3. The number of amides is 2. The average molecular weight is 436 g/mol. The zero-order valence-corrected chi connectivity index (χ0v) is 17.2. The lowest BCUT2D eigenvalue weighted by molar-refractivity contribution is -0.119. The molecule has 2 amide bonds. The summed E-state index contributed by atoms with van der Waals surface area (Å²) in [5.74, 6) is -2.08. The summed E-state index contributed by atoms with van der Waals surface area (Å²) in [5.41, 5.74) is 8.05. The summed E-state index contributed by atoms with van der Waals surface area (Å²) in [6, 6.07) is 12.5. The van der Waals surface area contributed by atoms with Crippen molar-refractivity contribution < 1.29 is 18.4 Å². The molecule has 3 aromatic rings. The molecule has 0 radical (unpaired) electrons. The Labute approximate surface area is 184 Å². The first-order chi connectivity index (χ1) is 15.4. The molecule has 6 nitrogen and oxygen atoms in total. The number of benzene rings is 2. The van der Waals surface area contributed by atoms with E-state index in [0.717, 1.165) is 25.0 Å². The summed E-state index contributed by atoms with van der Waals surface area (Å²) in [4.78, 5) is 30.6. The number of nitrogens with two attached hydrogens (primary N) is 1. The summed E-state index contributed by atoms with van der Waals surface area (Å²) in [5, 5.41) is 2.77. The van der Waals surface area contributed by atoms with Crippen LogP contribution in [0.15, 0.2) is 67.0 Å². The molecule has 8 heteroatoms. The highest BCUT2D eigenvalue weighted by molar-refractivity contribution is 6.04. The third-order valence-electron chi connectivity index (χ3n) is 5.28. The second kappa shape index (κ2) is 9.23. The van der Waals surface area contributed by atoms with Crippen LogP contribution in [0.3, 0.4) is 0 Å². The quantitative estimate of drug-likeness (QED) is 0.581. The molecule has 1 unspecified atom stereocenters. The number of anilines is 2. The maximum atomic E-state index is 14.3. The zero-order chi connectivity index (χ0) is 22.7. The van der Waals surface area contributed by atoms with E-state index in [1.165, 1.54) is 11.0 Å². The predicted octanol–water partition coefficient (Wildman–Crippen LogP) is 4.20. The number of carbonyl (C=O) groups excluding carboxylic acids is 2. The molecule has 1 saturated carbocycles. The SMILES string of the molecule is NC(CC(=O)N(c1ccc(F)cc1F)C1CC1)c1ccc(C(=O)Nc2ccncc2)cc1. The Bertz CT molecular complexity index is 1120. The van der Waals surface area contributed by atoms with Crippen molar-refractivity contribution in [2.45, 2.75) is 31.3 Å². The van der Waals surface area contributed by atoms with E-state index in [9.17, 15) is 18.4 Å². The Balaban J connectivity index is 1.43. The Morgan fingerprint density at radius 3 is 2.38 bits per heavy atom. The van der Waals surface area contributed by atoms with Gasteiger partial charge in [0.15, 0.2) is 0 Å². The molecule has 164 valence electrons. The predicted molar refractivity (Wildman–Crippen MR) is 117 cm³/mol. The first-order valence-corrected chi connectivity index (χ1v) is 10.3. The van der Waals surface area contributed by atoms with Crippen LogP contribution in [0, 0.1) is 11.6 Å². The van der Waals surface area contributed by atoms with Gasteiger partial charge in [0.05, 0.1) is 5.69 Å². The highest BCUT2D eigenvalue weighted by Crippen LogP contribution is 2.34. The number of carbonyl (C=O) groups is 2. The van der Waals surface area contributed by atoms with Gasteiger partial charge in [-0.05, 0) is 54.8 Å². The van der Waals surface area contributed by atoms with E-state index in [0.29, 0.717) is 16.8 Å². The van der Waals surface area contributed by atoms with Crippen molar-refractivity contribution in [3.63, 3.8) is 0 Å². The summed E-state index contributed by atoms with van der Waals surface area (Å²) in [6.07, 6.45) is 4.64. The summed E-state index contributed by atoms with van der Waals surface area (Å²) < 4.78 is 27.6. The first-order valence-electron chi connectivity index (χ1n) is 10.3. The van der Waals surface area contributed by atoms with Crippen LogP contribution in [0.25, 0.3) is 0 Å². The van der Waals surface area contributed by atoms with E-state index in [1.807, 2.05) is 0 Å². The molecule has 1 atom stereocenters. The van der Waals surface area contributed by atoms with Gasteiger partial charge in [-0.25, -0.2) is 8.78 Å². The van der Waals surface area contributed by atoms with Crippen molar-refractivity contribution in [3.8, 4) is 0 Å². The molecular weight excluding hydrogens is 414 g/mol. The highest BCUT2D eigenvalue weighted by Gasteiger charge is 2.35. The molecule has 4 rings (SSSR count). The van der Waals surface area contributed by atoms with Gasteiger partial charge in [0.25, 0.3) is 5.91 Å². The molecule has 32 heavy (non-hydrogen) atoms. The number of pyridine rings is 1. The minimum absolute atomic E-state index is 0.0458. The van der Waals surface area contributed by atoms with Crippen LogP contribution in [0.1, 0.15) is 41.2 Å². The number of hydrogen-bond acceptors (Lipinski definition) is 4. The van der Waals surface area contributed by atoms with Gasteiger partial charge in [0, 0.05) is 48.2 Å². The number of nitrogens with zero attached hydrogens (tertiary/aromatic N) is 2. The first kappa shape index (κ1) is 21.6. The van der Waals surface area contributed by atoms with Crippen molar-refractivity contribution in [2.75, 3.05) is 10.2 Å². The third-order valence-corrected chi connectivity index (χ3v) is 5.28. The highest BCUT2D eigenvalue weighted by atomic mass is 19.1. The molecule has 3 N–H and O–H groups in total. The normalized spacial score (nSPS) is 14.0. The number of halogens is 2. The number of aromatic nitrogens is 1. The second-order valence-electron chi connectivity index (χ2n) is 7.71. The smallest absolute Gasteiger partial charge is 0.255 e. The molecule has 0 saturated heterocycles. The molecule has 1 heterocycles. The van der Waals surface area contributed by atoms with Crippen LogP contribution in [-0.2, 0) is 4.79 Å². The minimum atomic E-state index is -0.775. The zero-order valence-electron chi connectivity index (χ0n) is 17.2. The van der Waals surface area contributed by atoms with Crippen LogP contribution >= 0.6 is 0 Å². The van der Waals surface area contributed by atoms with Crippen LogP contribution < -0.4 is 16.0 Å². The van der Waals surface area contributed by atoms with Crippen LogP contribution in [0.4, 0.5) is 20.2 Å². The fourth-order valence-electron chi connectivity index (χ4n) is 3.47. The molecule has 0 bridgehead atoms. The van der Waals surface area contributed by atoms with Gasteiger partial charge in [-0.15, -0.1) is 0 Å². The molecule has 1 aliphatic rings. The van der Waals surface area contributed by atoms with Crippen molar-refractivity contribution >= 4 is 23.2 Å². The van der Waals surface area contributed by atoms with E-state index in [2.05, 4.69) is 10.3 Å². The van der Waals surface area contributed by atoms with Gasteiger partial charge < -0.3 is 16.0 Å². The van der Waals surface area contributed by atoms with Crippen molar-refractivity contribution in [1.82, 2.24) is 4.98 Å². The van der Waals surface area contributed by atoms with Crippen molar-refractivity contribution in [2.24, 2.45) is 5.73 Å². The Morgan fingerprint density at radius 1 is 1.06 bits per heavy atom. The van der Waals surface area contributed by atoms with Gasteiger partial charge in [0.2, 0.25) is 5.91 Å². The second-order valence-corrected chi connectivity index (χ2v) is 7.71. The van der Waals surface area contributed by atoms with Crippen molar-refractivity contribution in [3.05, 3.63) is 89.8 Å². The molecule has 0 spiro atoms. The lowest BCUT2D eigenvalue weighted by Crippen LogP contribution is -2.35. The van der Waals surface area contributed by atoms with E-state index < -0.39 is 17.7 Å². The van der Waals surface area contributed by atoms with Gasteiger partial charge >= 0.3 is 0 Å². The van der Waals surface area contributed by atoms with Gasteiger partial charge in [-0.2, -0.15) is 0 Å². The number of rotatable bonds is 7. The maximum Gasteiger partial charge on any atom is 0.255 e. The van der Waals surface area contributed by atoms with Gasteiger partial charge in [0.1, 0.15) is 11.6 Å². The van der Waals surface area contributed by atoms with Crippen LogP contribution in [0.5, 0.6) is 0 Å². The van der Waals surface area contributed by atoms with Crippen LogP contribution in [0.2, 0.25) is 0 Å². The Morgan fingerprint density at radius 2 is 1.75 bits per heavy atom. The van der Waals surface area contributed by atoms with E-state index >= 15 is 0 Å². The summed E-state index contributed by atoms with van der Waals surface area (Å²) in [6.45, 7) is 0. The molecule has 0 aliphatic heterocycles. The summed E-state index contributed by atoms with van der Waals surface area (Å²) >= 11 is 0. The lowest BCUT2D eigenvalue weighted by atomic mass is 10.0. The monoisotopic (exact) mass is 436 g/mol. The lowest BCUT2D eigenvalue weighted by Gasteiger charge is -2.25. The van der Waals surface area contributed by atoms with E-state index in [-0.39, 0.29) is 30.0 Å². The molecular formula is C24H22F2N4O2. The molecule has 1 fully saturated rings. The minimum Gasteiger partial charge on any atom is -0.324 e. The Hall–Kier alpha value is -3.65. The largest absolute Gasteiger partial charge is 0.324 e. The van der Waals surface area contributed by atoms with Crippen molar-refractivity contribution in [1.29, 1.82) is 0 Å². The average Bonchev–Trinajstić information content (AvgIpc) is 3.61. The van der Waals surface area contributed by atoms with E-state index in [4.69, 9.17) is 5.73 Å². The number of nitrogens with one attached hydrogen (secondary N) is 1. The van der Waals surface area contributed by atoms with E-state index in [1.54, 1.807) is 48.8 Å². The van der Waals surface area contributed by atoms with Gasteiger partial charge in [-0.1, -0.05) is 12.1 Å². The molecule has 1 aromatic heterocycles. The van der Waals surface area contributed by atoms with Crippen LogP contribution in [-0.4, -0.2) is 22.8 Å². The standard InChI is InChI=1S/C24H22F2N4O2/c25-17-5-8-22(20(26)13-17)30(19-6-7-19)23(31)14-21(27)15-1-3-16(4-2-15)24(32)29-18-9-11-28-12-10-18/h1-5,8-13,19,21H,6-7,14,27H2,(H,28,29,32). The third kappa shape index (κ3) is 4.97. The summed E-state index contributed by atoms with van der Waals surface area (Å²) in [7, 11) is 0. The molecule has 2 aromatic carbocycles. The van der Waals surface area contributed by atoms with Gasteiger partial charge in [-0.3, -0.25) is 14.6 Å². The fraction of sp³-hybridized carbons (Fsp3) is 0.208. The Kier molecular flexibility index (Phi) is 6.23. The topological polar surface area (TPSA) is 88.3 Å². The fourth-order valence-corrected chi connectivity index (χ4v) is 3.47. The number of hydrogen-bond donors (Lipinski definition) is 2.